The quantitative estimate of drug-likeness (QED) is 0.522. The highest BCUT2D eigenvalue weighted by Crippen LogP contribution is 2.42. The summed E-state index contributed by atoms with van der Waals surface area (Å²) in [6.07, 6.45) is 13.7. The second-order valence-corrected chi connectivity index (χ2v) is 8.04. The summed E-state index contributed by atoms with van der Waals surface area (Å²) in [5.41, 5.74) is 1.92. The summed E-state index contributed by atoms with van der Waals surface area (Å²) in [4.78, 5) is 0. The number of hydrogen-bond donors (Lipinski definition) is 0. The van der Waals surface area contributed by atoms with Gasteiger partial charge in [0.15, 0.2) is 11.6 Å². The number of halogens is 2. The molecule has 0 saturated heterocycles. The molecule has 144 valence electrons. The van der Waals surface area contributed by atoms with Crippen molar-refractivity contribution < 1.29 is 13.5 Å². The molecule has 3 rings (SSSR count). The van der Waals surface area contributed by atoms with Crippen LogP contribution in [0.2, 0.25) is 0 Å². The topological polar surface area (TPSA) is 9.23 Å². The minimum absolute atomic E-state index is 0.0276. The van der Waals surface area contributed by atoms with Crippen LogP contribution in [0.25, 0.3) is 5.57 Å². The molecule has 1 atom stereocenters. The summed E-state index contributed by atoms with van der Waals surface area (Å²) in [5.74, 6) is 0.893. The van der Waals surface area contributed by atoms with Gasteiger partial charge in [0, 0.05) is 0 Å². The van der Waals surface area contributed by atoms with Crippen molar-refractivity contribution in [2.24, 2.45) is 17.8 Å². The molecular weight excluding hydrogens is 330 g/mol. The SMILES string of the molecule is CCC[C@H]1CC[C@H](C2CC=C(c3cc(F)c(F)c(OCC)c3)CC2)CC1. The minimum Gasteiger partial charge on any atom is -0.491 e. The predicted molar refractivity (Wildman–Crippen MR) is 103 cm³/mol. The average Bonchev–Trinajstić information content (AvgIpc) is 2.66. The molecule has 0 spiro atoms. The Labute approximate surface area is 156 Å². The lowest BCUT2D eigenvalue weighted by Gasteiger charge is -2.35. The van der Waals surface area contributed by atoms with Crippen molar-refractivity contribution in [2.75, 3.05) is 6.61 Å². The number of ether oxygens (including phenoxy) is 1. The van der Waals surface area contributed by atoms with Crippen molar-refractivity contribution in [3.8, 4) is 5.75 Å². The largest absolute Gasteiger partial charge is 0.491 e. The van der Waals surface area contributed by atoms with Gasteiger partial charge in [-0.25, -0.2) is 4.39 Å². The van der Waals surface area contributed by atoms with Crippen LogP contribution in [0.3, 0.4) is 0 Å². The molecule has 0 heterocycles. The molecule has 26 heavy (non-hydrogen) atoms. The molecule has 0 amide bonds. The zero-order valence-electron chi connectivity index (χ0n) is 16.2. The molecule has 1 nitrogen and oxygen atoms in total. The molecular formula is C23H32F2O. The van der Waals surface area contributed by atoms with Crippen LogP contribution in [0, 0.1) is 29.4 Å². The summed E-state index contributed by atoms with van der Waals surface area (Å²) in [6, 6.07) is 2.98. The van der Waals surface area contributed by atoms with Gasteiger partial charge in [-0.2, -0.15) is 4.39 Å². The molecule has 2 aliphatic carbocycles. The Morgan fingerprint density at radius 1 is 1.00 bits per heavy atom. The second kappa shape index (κ2) is 9.01. The van der Waals surface area contributed by atoms with Gasteiger partial charge in [0.2, 0.25) is 5.82 Å². The van der Waals surface area contributed by atoms with Gasteiger partial charge in [-0.15, -0.1) is 0 Å². The van der Waals surface area contributed by atoms with E-state index in [1.165, 1.54) is 44.6 Å². The van der Waals surface area contributed by atoms with E-state index in [1.807, 2.05) is 0 Å². The van der Waals surface area contributed by atoms with Crippen LogP contribution in [0.15, 0.2) is 18.2 Å². The Bertz CT molecular complexity index is 629. The van der Waals surface area contributed by atoms with E-state index in [0.29, 0.717) is 6.61 Å². The van der Waals surface area contributed by atoms with Crippen molar-refractivity contribution in [3.63, 3.8) is 0 Å². The molecule has 1 unspecified atom stereocenters. The van der Waals surface area contributed by atoms with E-state index in [1.54, 1.807) is 13.0 Å². The normalized spacial score (nSPS) is 26.5. The molecule has 0 aromatic heterocycles. The maximum Gasteiger partial charge on any atom is 0.200 e. The number of rotatable bonds is 6. The fraction of sp³-hybridized carbons (Fsp3) is 0.652. The van der Waals surface area contributed by atoms with Gasteiger partial charge in [-0.3, -0.25) is 0 Å². The molecule has 0 bridgehead atoms. The molecule has 0 N–H and O–H groups in total. The zero-order valence-corrected chi connectivity index (χ0v) is 16.2. The number of allylic oxidation sites excluding steroid dienone is 2. The third-order valence-electron chi connectivity index (χ3n) is 6.37. The van der Waals surface area contributed by atoms with E-state index < -0.39 is 11.6 Å². The summed E-state index contributed by atoms with van der Waals surface area (Å²) >= 11 is 0. The Morgan fingerprint density at radius 3 is 2.38 bits per heavy atom. The van der Waals surface area contributed by atoms with E-state index in [-0.39, 0.29) is 5.75 Å². The molecule has 0 radical (unpaired) electrons. The second-order valence-electron chi connectivity index (χ2n) is 8.04. The third-order valence-corrected chi connectivity index (χ3v) is 6.37. The predicted octanol–water partition coefficient (Wildman–Crippen LogP) is 7.15. The summed E-state index contributed by atoms with van der Waals surface area (Å²) in [7, 11) is 0. The first-order valence-corrected chi connectivity index (χ1v) is 10.4. The average molecular weight is 363 g/mol. The molecule has 2 aliphatic rings. The highest BCUT2D eigenvalue weighted by Gasteiger charge is 2.28. The fourth-order valence-corrected chi connectivity index (χ4v) is 4.91. The molecule has 1 fully saturated rings. The van der Waals surface area contributed by atoms with E-state index >= 15 is 0 Å². The molecule has 1 aromatic carbocycles. The zero-order chi connectivity index (χ0) is 18.5. The van der Waals surface area contributed by atoms with Crippen LogP contribution in [-0.4, -0.2) is 6.61 Å². The van der Waals surface area contributed by atoms with Crippen molar-refractivity contribution in [3.05, 3.63) is 35.4 Å². The van der Waals surface area contributed by atoms with Crippen molar-refractivity contribution in [1.82, 2.24) is 0 Å². The van der Waals surface area contributed by atoms with Crippen molar-refractivity contribution in [2.45, 2.75) is 71.6 Å². The van der Waals surface area contributed by atoms with Gasteiger partial charge >= 0.3 is 0 Å². The van der Waals surface area contributed by atoms with Gasteiger partial charge in [-0.1, -0.05) is 38.7 Å². The minimum atomic E-state index is -0.881. The molecule has 1 aromatic rings. The van der Waals surface area contributed by atoms with Crippen LogP contribution < -0.4 is 4.74 Å². The van der Waals surface area contributed by atoms with Crippen LogP contribution in [0.5, 0.6) is 5.75 Å². The van der Waals surface area contributed by atoms with Gasteiger partial charge in [0.25, 0.3) is 0 Å². The van der Waals surface area contributed by atoms with E-state index in [0.717, 1.165) is 48.2 Å². The highest BCUT2D eigenvalue weighted by molar-refractivity contribution is 5.67. The maximum atomic E-state index is 13.9. The highest BCUT2D eigenvalue weighted by atomic mass is 19.2. The number of benzene rings is 1. The van der Waals surface area contributed by atoms with E-state index in [4.69, 9.17) is 4.74 Å². The Morgan fingerprint density at radius 2 is 1.77 bits per heavy atom. The standard InChI is InChI=1S/C23H32F2O/c1-3-5-16-6-8-17(9-7-16)18-10-12-19(13-11-18)20-14-21(24)23(25)22(15-20)26-4-2/h12,14-18H,3-11,13H2,1-2H3/t16-,17-,18?. The molecule has 3 heteroatoms. The Kier molecular flexibility index (Phi) is 6.72. The fourth-order valence-electron chi connectivity index (χ4n) is 4.91. The van der Waals surface area contributed by atoms with E-state index in [2.05, 4.69) is 13.0 Å². The van der Waals surface area contributed by atoms with Crippen LogP contribution in [-0.2, 0) is 0 Å². The summed E-state index contributed by atoms with van der Waals surface area (Å²) < 4.78 is 33.0. The van der Waals surface area contributed by atoms with E-state index in [9.17, 15) is 8.78 Å². The number of hydrogen-bond acceptors (Lipinski definition) is 1. The van der Waals surface area contributed by atoms with Gasteiger partial charge in [-0.05, 0) is 80.1 Å². The molecule has 0 aliphatic heterocycles. The lowest BCUT2D eigenvalue weighted by Crippen LogP contribution is -2.23. The van der Waals surface area contributed by atoms with Gasteiger partial charge < -0.3 is 4.74 Å². The van der Waals surface area contributed by atoms with Crippen LogP contribution in [0.1, 0.15) is 77.2 Å². The van der Waals surface area contributed by atoms with Crippen molar-refractivity contribution >= 4 is 5.57 Å². The summed E-state index contributed by atoms with van der Waals surface area (Å²) in [5, 5.41) is 0. The lowest BCUT2D eigenvalue weighted by molar-refractivity contribution is 0.189. The monoisotopic (exact) mass is 362 g/mol. The third kappa shape index (κ3) is 4.47. The smallest absolute Gasteiger partial charge is 0.200 e. The van der Waals surface area contributed by atoms with Crippen molar-refractivity contribution in [1.29, 1.82) is 0 Å². The first-order valence-electron chi connectivity index (χ1n) is 10.4. The van der Waals surface area contributed by atoms with Gasteiger partial charge in [0.05, 0.1) is 6.61 Å². The lowest BCUT2D eigenvalue weighted by atomic mass is 9.70. The molecule has 1 saturated carbocycles. The Hall–Kier alpha value is -1.38. The maximum absolute atomic E-state index is 13.9. The summed E-state index contributed by atoms with van der Waals surface area (Å²) in [6.45, 7) is 4.40. The van der Waals surface area contributed by atoms with Crippen LogP contribution in [0.4, 0.5) is 8.78 Å². The van der Waals surface area contributed by atoms with Gasteiger partial charge in [0.1, 0.15) is 0 Å². The first-order chi connectivity index (χ1) is 12.6. The Balaban J connectivity index is 1.63. The first kappa shape index (κ1) is 19.4. The van der Waals surface area contributed by atoms with Crippen LogP contribution >= 0.6 is 0 Å².